The summed E-state index contributed by atoms with van der Waals surface area (Å²) in [6.07, 6.45) is 3.31. The van der Waals surface area contributed by atoms with Crippen LogP contribution in [-0.4, -0.2) is 46.1 Å². The van der Waals surface area contributed by atoms with Crippen LogP contribution < -0.4 is 0 Å². The number of methoxy groups -OCH3 is 1. The molecule has 1 aromatic carbocycles. The molecule has 4 heterocycles. The smallest absolute Gasteiger partial charge is 0.259 e. The number of ether oxygens (including phenoxy) is 1. The Hall–Kier alpha value is -3.04. The van der Waals surface area contributed by atoms with E-state index in [9.17, 15) is 0 Å². The summed E-state index contributed by atoms with van der Waals surface area (Å²) in [4.78, 5) is 4.24. The molecule has 0 amide bonds. The quantitative estimate of drug-likeness (QED) is 0.492. The van der Waals surface area contributed by atoms with Crippen LogP contribution in [0, 0.1) is 0 Å². The topological polar surface area (TPSA) is 87.4 Å². The van der Waals surface area contributed by atoms with Crippen molar-refractivity contribution in [2.75, 3.05) is 7.11 Å². The number of aromatic nitrogens is 8. The molecule has 0 atom stereocenters. The predicted molar refractivity (Wildman–Crippen MR) is 89.9 cm³/mol. The van der Waals surface area contributed by atoms with Crippen LogP contribution in [-0.2, 0) is 11.3 Å². The van der Waals surface area contributed by atoms with E-state index in [0.29, 0.717) is 23.5 Å². The molecule has 124 valence electrons. The third-order valence-corrected chi connectivity index (χ3v) is 4.33. The van der Waals surface area contributed by atoms with Crippen LogP contribution >= 0.6 is 11.6 Å². The summed E-state index contributed by atoms with van der Waals surface area (Å²) in [5.41, 5.74) is 3.09. The van der Waals surface area contributed by atoms with Crippen molar-refractivity contribution in [1.29, 1.82) is 0 Å². The van der Waals surface area contributed by atoms with Gasteiger partial charge in [-0.1, -0.05) is 17.3 Å². The molecule has 9 nitrogen and oxygen atoms in total. The molecular weight excluding hydrogens is 344 g/mol. The maximum absolute atomic E-state index is 6.32. The lowest BCUT2D eigenvalue weighted by atomic mass is 10.2. The molecule has 0 aliphatic rings. The van der Waals surface area contributed by atoms with Crippen molar-refractivity contribution in [3.05, 3.63) is 47.6 Å². The van der Waals surface area contributed by atoms with Gasteiger partial charge in [-0.05, 0) is 23.7 Å². The molecule has 0 saturated heterocycles. The molecule has 0 aliphatic heterocycles. The van der Waals surface area contributed by atoms with Crippen molar-refractivity contribution in [2.24, 2.45) is 0 Å². The number of rotatable bonds is 3. The van der Waals surface area contributed by atoms with Crippen molar-refractivity contribution in [1.82, 2.24) is 39.0 Å². The molecule has 4 aromatic heterocycles. The Kier molecular flexibility index (Phi) is 2.99. The van der Waals surface area contributed by atoms with E-state index in [2.05, 4.69) is 25.5 Å². The number of hydrogen-bond donors (Lipinski definition) is 0. The minimum absolute atomic E-state index is 0.353. The van der Waals surface area contributed by atoms with E-state index in [-0.39, 0.29) is 0 Å². The van der Waals surface area contributed by atoms with Crippen molar-refractivity contribution in [3.8, 4) is 5.95 Å². The van der Waals surface area contributed by atoms with Gasteiger partial charge in [0.15, 0.2) is 5.65 Å². The third-order valence-electron chi connectivity index (χ3n) is 4.06. The Morgan fingerprint density at radius 2 is 2.00 bits per heavy atom. The van der Waals surface area contributed by atoms with Gasteiger partial charge in [0.25, 0.3) is 5.95 Å². The van der Waals surface area contributed by atoms with E-state index in [1.165, 1.54) is 0 Å². The standard InChI is InChI=1S/C15H11ClN8O/c1-25-8-9-6-18-21-24(9)15-20-19-13-10-4-2-3-5-11(10)22-12(23(13)15)7-17-14(22)16/h2-7H,8H2,1H3. The van der Waals surface area contributed by atoms with E-state index in [0.717, 1.165) is 22.2 Å². The Labute approximate surface area is 145 Å². The number of nitrogens with zero attached hydrogens (tertiary/aromatic N) is 8. The number of halogens is 1. The Balaban J connectivity index is 1.96. The highest BCUT2D eigenvalue weighted by Crippen LogP contribution is 2.26. The van der Waals surface area contributed by atoms with Gasteiger partial charge in [-0.2, -0.15) is 4.68 Å². The third kappa shape index (κ3) is 1.90. The monoisotopic (exact) mass is 354 g/mol. The lowest BCUT2D eigenvalue weighted by Gasteiger charge is -2.08. The molecule has 0 fully saturated rings. The first-order chi connectivity index (χ1) is 12.3. The number of fused-ring (bicyclic) bond motifs is 6. The SMILES string of the molecule is COCc1cnnn1-c1nnc2c3ccccc3n3c(Cl)ncc3n12. The van der Waals surface area contributed by atoms with Crippen LogP contribution in [0.3, 0.4) is 0 Å². The van der Waals surface area contributed by atoms with Crippen LogP contribution in [0.1, 0.15) is 5.69 Å². The van der Waals surface area contributed by atoms with Gasteiger partial charge in [-0.15, -0.1) is 15.3 Å². The average Bonchev–Trinajstić information content (AvgIpc) is 3.33. The van der Waals surface area contributed by atoms with Crippen LogP contribution in [0.2, 0.25) is 5.28 Å². The minimum Gasteiger partial charge on any atom is -0.378 e. The van der Waals surface area contributed by atoms with Crippen molar-refractivity contribution >= 4 is 33.8 Å². The Morgan fingerprint density at radius 1 is 1.12 bits per heavy atom. The maximum Gasteiger partial charge on any atom is 0.259 e. The first kappa shape index (κ1) is 14.3. The Morgan fingerprint density at radius 3 is 2.88 bits per heavy atom. The fourth-order valence-corrected chi connectivity index (χ4v) is 3.26. The molecule has 0 bridgehead atoms. The van der Waals surface area contributed by atoms with Gasteiger partial charge in [-0.3, -0.25) is 4.40 Å². The normalized spacial score (nSPS) is 11.9. The van der Waals surface area contributed by atoms with Gasteiger partial charge in [0.1, 0.15) is 5.65 Å². The minimum atomic E-state index is 0.353. The van der Waals surface area contributed by atoms with Gasteiger partial charge >= 0.3 is 0 Å². The summed E-state index contributed by atoms with van der Waals surface area (Å²) in [6, 6.07) is 7.82. The molecular formula is C15H11ClN8O. The van der Waals surface area contributed by atoms with Gasteiger partial charge < -0.3 is 4.74 Å². The highest BCUT2D eigenvalue weighted by molar-refractivity contribution is 6.29. The zero-order valence-corrected chi connectivity index (χ0v) is 13.8. The van der Waals surface area contributed by atoms with Gasteiger partial charge in [-0.25, -0.2) is 9.38 Å². The van der Waals surface area contributed by atoms with Crippen LogP contribution in [0.4, 0.5) is 0 Å². The molecule has 0 N–H and O–H groups in total. The molecule has 0 spiro atoms. The predicted octanol–water partition coefficient (Wildman–Crippen LogP) is 1.91. The van der Waals surface area contributed by atoms with Gasteiger partial charge in [0, 0.05) is 12.5 Å². The fourth-order valence-electron chi connectivity index (χ4n) is 3.03. The second-order valence-corrected chi connectivity index (χ2v) is 5.81. The lowest BCUT2D eigenvalue weighted by molar-refractivity contribution is 0.179. The first-order valence-electron chi connectivity index (χ1n) is 7.47. The fraction of sp³-hybridized carbons (Fsp3) is 0.133. The lowest BCUT2D eigenvalue weighted by Crippen LogP contribution is -2.09. The van der Waals surface area contributed by atoms with E-state index in [4.69, 9.17) is 16.3 Å². The van der Waals surface area contributed by atoms with Crippen LogP contribution in [0.25, 0.3) is 28.1 Å². The maximum atomic E-state index is 6.32. The van der Waals surface area contributed by atoms with E-state index in [1.54, 1.807) is 24.2 Å². The molecule has 25 heavy (non-hydrogen) atoms. The van der Waals surface area contributed by atoms with E-state index < -0.39 is 0 Å². The van der Waals surface area contributed by atoms with Crippen LogP contribution in [0.5, 0.6) is 0 Å². The summed E-state index contributed by atoms with van der Waals surface area (Å²) in [5.74, 6) is 0.492. The average molecular weight is 355 g/mol. The largest absolute Gasteiger partial charge is 0.378 e. The molecule has 5 rings (SSSR count). The van der Waals surface area contributed by atoms with Gasteiger partial charge in [0.2, 0.25) is 5.28 Å². The van der Waals surface area contributed by atoms with Gasteiger partial charge in [0.05, 0.1) is 30.2 Å². The molecule has 0 saturated carbocycles. The van der Waals surface area contributed by atoms with Crippen molar-refractivity contribution < 1.29 is 4.74 Å². The summed E-state index contributed by atoms with van der Waals surface area (Å²) < 4.78 is 10.5. The molecule has 5 aromatic rings. The number of hydrogen-bond acceptors (Lipinski definition) is 6. The Bertz CT molecular complexity index is 1240. The number of para-hydroxylation sites is 1. The molecule has 0 radical (unpaired) electrons. The van der Waals surface area contributed by atoms with Crippen molar-refractivity contribution in [2.45, 2.75) is 6.61 Å². The highest BCUT2D eigenvalue weighted by Gasteiger charge is 2.19. The number of benzene rings is 1. The summed E-state index contributed by atoms with van der Waals surface area (Å²) in [7, 11) is 1.61. The second-order valence-electron chi connectivity index (χ2n) is 5.47. The number of imidazole rings is 1. The van der Waals surface area contributed by atoms with Crippen molar-refractivity contribution in [3.63, 3.8) is 0 Å². The van der Waals surface area contributed by atoms with E-state index >= 15 is 0 Å². The summed E-state index contributed by atoms with van der Waals surface area (Å²) in [5, 5.41) is 18.0. The first-order valence-corrected chi connectivity index (χ1v) is 7.85. The second kappa shape index (κ2) is 5.23. The summed E-state index contributed by atoms with van der Waals surface area (Å²) in [6.45, 7) is 0.353. The molecule has 0 unspecified atom stereocenters. The van der Waals surface area contributed by atoms with Crippen LogP contribution in [0.15, 0.2) is 36.7 Å². The zero-order chi connectivity index (χ0) is 17.0. The van der Waals surface area contributed by atoms with E-state index in [1.807, 2.05) is 33.1 Å². The zero-order valence-electron chi connectivity index (χ0n) is 13.0. The molecule has 0 aliphatic carbocycles. The molecule has 10 heteroatoms. The highest BCUT2D eigenvalue weighted by atomic mass is 35.5. The summed E-state index contributed by atoms with van der Waals surface area (Å²) >= 11 is 6.32.